The first-order valence-electron chi connectivity index (χ1n) is 3.12. The maximum atomic E-state index is 4.90. The Morgan fingerprint density at radius 3 is 2.36 bits per heavy atom. The highest BCUT2D eigenvalue weighted by Gasteiger charge is 2.13. The summed E-state index contributed by atoms with van der Waals surface area (Å²) < 4.78 is 0. The molecule has 0 amide bonds. The standard InChI is InChI=1S/C11H5/c1-2-3-4-5-8-11-9-6-7-10-11/h1,6-7,9-10H. The van der Waals surface area contributed by atoms with Crippen LogP contribution in [0.2, 0.25) is 0 Å². The first kappa shape index (κ1) is 7.78. The third-order valence-electron chi connectivity index (χ3n) is 1.07. The van der Waals surface area contributed by atoms with Crippen molar-refractivity contribution in [2.24, 2.45) is 0 Å². The Hall–Kier alpha value is -1.32. The molecule has 0 N–H and O–H groups in total. The Kier molecular flexibility index (Phi) is 3.18. The van der Waals surface area contributed by atoms with Gasteiger partial charge in [0.05, 0.1) is 5.92 Å². The highest BCUT2D eigenvalue weighted by Crippen LogP contribution is 2.21. The second-order valence-electron chi connectivity index (χ2n) is 1.82. The Morgan fingerprint density at radius 1 is 1.00 bits per heavy atom. The molecule has 0 nitrogen and oxygen atoms in total. The number of hydrogen-bond acceptors (Lipinski definition) is 0. The second-order valence-corrected chi connectivity index (χ2v) is 1.82. The Labute approximate surface area is 68.4 Å². The van der Waals surface area contributed by atoms with E-state index in [9.17, 15) is 0 Å². The molecule has 1 rings (SSSR count). The van der Waals surface area contributed by atoms with Gasteiger partial charge in [0.2, 0.25) is 0 Å². The molecule has 0 aliphatic heterocycles. The Bertz CT molecular complexity index is 263. The van der Waals surface area contributed by atoms with E-state index in [1.807, 2.05) is 25.7 Å². The summed E-state index contributed by atoms with van der Waals surface area (Å²) in [5.74, 6) is 13.6. The molecular formula is C11H5. The van der Waals surface area contributed by atoms with Crippen molar-refractivity contribution >= 4 is 0 Å². The highest BCUT2D eigenvalue weighted by molar-refractivity contribution is 5.49. The van der Waals surface area contributed by atoms with Gasteiger partial charge in [0.25, 0.3) is 0 Å². The lowest BCUT2D eigenvalue weighted by Crippen LogP contribution is -1.83. The van der Waals surface area contributed by atoms with E-state index in [4.69, 9.17) is 6.42 Å². The van der Waals surface area contributed by atoms with E-state index in [-0.39, 0.29) is 0 Å². The van der Waals surface area contributed by atoms with E-state index in [2.05, 4.69) is 29.6 Å². The van der Waals surface area contributed by atoms with Crippen LogP contribution in [0, 0.1) is 67.6 Å². The van der Waals surface area contributed by atoms with E-state index in [0.717, 1.165) is 5.92 Å². The minimum atomic E-state index is 0.969. The summed E-state index contributed by atoms with van der Waals surface area (Å²) >= 11 is 0. The number of terminal acetylenes is 1. The molecule has 0 heteroatoms. The molecule has 1 saturated carbocycles. The molecule has 1 aliphatic carbocycles. The average molecular weight is 137 g/mol. The third-order valence-corrected chi connectivity index (χ3v) is 1.07. The van der Waals surface area contributed by atoms with Crippen molar-refractivity contribution in [2.75, 3.05) is 0 Å². The number of rotatable bonds is 0. The predicted octanol–water partition coefficient (Wildman–Crippen LogP) is 1.03. The molecule has 0 atom stereocenters. The minimum absolute atomic E-state index is 0.969. The van der Waals surface area contributed by atoms with Crippen LogP contribution in [0.15, 0.2) is 0 Å². The van der Waals surface area contributed by atoms with E-state index in [1.54, 1.807) is 0 Å². The molecule has 0 unspecified atom stereocenters. The summed E-state index contributed by atoms with van der Waals surface area (Å²) in [7, 11) is 0. The minimum Gasteiger partial charge on any atom is -0.106 e. The van der Waals surface area contributed by atoms with Crippen LogP contribution < -0.4 is 0 Å². The van der Waals surface area contributed by atoms with Crippen LogP contribution in [0.25, 0.3) is 0 Å². The second kappa shape index (κ2) is 4.49. The summed E-state index contributed by atoms with van der Waals surface area (Å²) in [6, 6.07) is 0. The quantitative estimate of drug-likeness (QED) is 0.437. The van der Waals surface area contributed by atoms with E-state index in [0.29, 0.717) is 0 Å². The van der Waals surface area contributed by atoms with Gasteiger partial charge in [0.1, 0.15) is 0 Å². The molecule has 0 aromatic heterocycles. The fourth-order valence-corrected chi connectivity index (χ4v) is 0.628. The number of hydrogen-bond donors (Lipinski definition) is 0. The van der Waals surface area contributed by atoms with E-state index < -0.39 is 0 Å². The van der Waals surface area contributed by atoms with Crippen LogP contribution in [0.3, 0.4) is 0 Å². The van der Waals surface area contributed by atoms with Gasteiger partial charge in [-0.3, -0.25) is 0 Å². The molecule has 0 aromatic carbocycles. The molecule has 11 heavy (non-hydrogen) atoms. The zero-order valence-corrected chi connectivity index (χ0v) is 5.89. The predicted molar refractivity (Wildman–Crippen MR) is 44.8 cm³/mol. The summed E-state index contributed by atoms with van der Waals surface area (Å²) in [6.45, 7) is 0. The largest absolute Gasteiger partial charge is 0.106 e. The van der Waals surface area contributed by atoms with Crippen molar-refractivity contribution in [2.45, 2.75) is 0 Å². The molecule has 5 radical (unpaired) electrons. The Morgan fingerprint density at radius 2 is 1.73 bits per heavy atom. The molecule has 1 fully saturated rings. The molecule has 49 valence electrons. The van der Waals surface area contributed by atoms with Crippen molar-refractivity contribution in [3.63, 3.8) is 0 Å². The molecule has 0 bridgehead atoms. The van der Waals surface area contributed by atoms with Crippen molar-refractivity contribution in [3.8, 4) is 36.0 Å². The van der Waals surface area contributed by atoms with Crippen LogP contribution in [-0.2, 0) is 0 Å². The van der Waals surface area contributed by atoms with Crippen LogP contribution in [0.5, 0.6) is 0 Å². The van der Waals surface area contributed by atoms with E-state index in [1.165, 1.54) is 0 Å². The van der Waals surface area contributed by atoms with Gasteiger partial charge in [-0.05, 0) is 49.4 Å². The van der Waals surface area contributed by atoms with Gasteiger partial charge in [-0.1, -0.05) is 5.92 Å². The summed E-state index contributed by atoms with van der Waals surface area (Å²) in [6.07, 6.45) is 12.6. The van der Waals surface area contributed by atoms with E-state index >= 15 is 0 Å². The van der Waals surface area contributed by atoms with Crippen LogP contribution >= 0.6 is 0 Å². The lowest BCUT2D eigenvalue weighted by atomic mass is 10.1. The summed E-state index contributed by atoms with van der Waals surface area (Å²) in [5, 5.41) is 0. The van der Waals surface area contributed by atoms with Crippen molar-refractivity contribution in [1.29, 1.82) is 0 Å². The van der Waals surface area contributed by atoms with Crippen molar-refractivity contribution in [3.05, 3.63) is 31.6 Å². The van der Waals surface area contributed by atoms with Gasteiger partial charge in [0, 0.05) is 0 Å². The normalized spacial score (nSPS) is 15.5. The zero-order valence-electron chi connectivity index (χ0n) is 5.89. The first-order valence-corrected chi connectivity index (χ1v) is 3.12. The van der Waals surface area contributed by atoms with Crippen molar-refractivity contribution in [1.82, 2.24) is 0 Å². The van der Waals surface area contributed by atoms with Gasteiger partial charge in [-0.25, -0.2) is 0 Å². The lowest BCUT2D eigenvalue weighted by molar-refractivity contribution is 1.43. The first-order chi connectivity index (χ1) is 5.43. The molecule has 1 aliphatic rings. The van der Waals surface area contributed by atoms with Gasteiger partial charge in [-0.15, -0.1) is 6.42 Å². The van der Waals surface area contributed by atoms with Crippen LogP contribution in [0.4, 0.5) is 0 Å². The smallest absolute Gasteiger partial charge is 0.0564 e. The van der Waals surface area contributed by atoms with Gasteiger partial charge >= 0.3 is 0 Å². The van der Waals surface area contributed by atoms with Gasteiger partial charge in [-0.2, -0.15) is 0 Å². The zero-order chi connectivity index (χ0) is 7.94. The topological polar surface area (TPSA) is 0 Å². The fourth-order valence-electron chi connectivity index (χ4n) is 0.628. The summed E-state index contributed by atoms with van der Waals surface area (Å²) in [5.41, 5.74) is 0. The maximum Gasteiger partial charge on any atom is 0.0564 e. The average Bonchev–Trinajstić information content (AvgIpc) is 2.50. The molecule has 0 saturated heterocycles. The molecule has 0 aromatic rings. The highest BCUT2D eigenvalue weighted by atomic mass is 14.1. The van der Waals surface area contributed by atoms with Crippen LogP contribution in [-0.4, -0.2) is 0 Å². The van der Waals surface area contributed by atoms with Gasteiger partial charge < -0.3 is 0 Å². The van der Waals surface area contributed by atoms with Crippen LogP contribution in [0.1, 0.15) is 0 Å². The SMILES string of the molecule is C#CC#CC#C[C]1[CH][CH][CH][CH]1. The van der Waals surface area contributed by atoms with Crippen molar-refractivity contribution < 1.29 is 0 Å². The fraction of sp³-hybridized carbons (Fsp3) is 0. The molecular weight excluding hydrogens is 132 g/mol. The Balaban J connectivity index is 2.38. The monoisotopic (exact) mass is 137 g/mol. The maximum absolute atomic E-state index is 4.90. The summed E-state index contributed by atoms with van der Waals surface area (Å²) in [4.78, 5) is 0. The molecule has 0 spiro atoms. The molecule has 0 heterocycles. The third kappa shape index (κ3) is 2.84. The van der Waals surface area contributed by atoms with Gasteiger partial charge in [0.15, 0.2) is 0 Å². The lowest BCUT2D eigenvalue weighted by Gasteiger charge is -1.89.